The second kappa shape index (κ2) is 8.59. The molecule has 2 aromatic carbocycles. The van der Waals surface area contributed by atoms with Gasteiger partial charge >= 0.3 is 5.97 Å². The van der Waals surface area contributed by atoms with Crippen LogP contribution in [0, 0.1) is 0 Å². The monoisotopic (exact) mass is 414 g/mol. The van der Waals surface area contributed by atoms with Gasteiger partial charge in [0, 0.05) is 17.2 Å². The number of esters is 1. The fourth-order valence-electron chi connectivity index (χ4n) is 2.72. The molecule has 0 radical (unpaired) electrons. The first-order chi connectivity index (χ1) is 13.8. The number of sulfonamides is 1. The molecule has 7 nitrogen and oxygen atoms in total. The quantitative estimate of drug-likeness (QED) is 0.555. The van der Waals surface area contributed by atoms with Crippen molar-refractivity contribution >= 4 is 28.0 Å². The Hall–Kier alpha value is -2.97. The van der Waals surface area contributed by atoms with E-state index < -0.39 is 16.0 Å². The molecule has 0 unspecified atom stereocenters. The summed E-state index contributed by atoms with van der Waals surface area (Å²) in [6, 6.07) is 13.1. The lowest BCUT2D eigenvalue weighted by molar-refractivity contribution is -0.129. The summed E-state index contributed by atoms with van der Waals surface area (Å²) in [7, 11) is -3.60. The number of carbonyl (C=O) groups excluding carboxylic acids is 1. The third kappa shape index (κ3) is 4.90. The molecular formula is C21H22N2O5S. The summed E-state index contributed by atoms with van der Waals surface area (Å²) in [5.41, 5.74) is 1.36. The van der Waals surface area contributed by atoms with Crippen molar-refractivity contribution in [2.75, 3.05) is 6.61 Å². The van der Waals surface area contributed by atoms with Crippen molar-refractivity contribution in [1.82, 2.24) is 4.72 Å². The highest BCUT2D eigenvalue weighted by atomic mass is 32.2. The van der Waals surface area contributed by atoms with E-state index in [4.69, 9.17) is 9.47 Å². The number of ether oxygens (including phenoxy) is 2. The van der Waals surface area contributed by atoms with E-state index >= 15 is 0 Å². The van der Waals surface area contributed by atoms with Crippen LogP contribution in [0.4, 0.5) is 0 Å². The molecule has 0 bridgehead atoms. The number of aliphatic imine (C=N–C) groups is 1. The Morgan fingerprint density at radius 1 is 1.14 bits per heavy atom. The lowest BCUT2D eigenvalue weighted by Gasteiger charge is -2.09. The van der Waals surface area contributed by atoms with E-state index in [0.29, 0.717) is 23.5 Å². The Kier molecular flexibility index (Phi) is 6.14. The largest absolute Gasteiger partial charge is 0.493 e. The molecule has 29 heavy (non-hydrogen) atoms. The van der Waals surface area contributed by atoms with Crippen molar-refractivity contribution < 1.29 is 22.7 Å². The summed E-state index contributed by atoms with van der Waals surface area (Å²) < 4.78 is 37.8. The van der Waals surface area contributed by atoms with Crippen molar-refractivity contribution in [2.24, 2.45) is 4.99 Å². The predicted octanol–water partition coefficient (Wildman–Crippen LogP) is 3.12. The SMILES string of the molecule is CCOc1ccccc1/C=C1\N=C(c2ccc(S(=O)(=O)NC(C)C)cc2)OC1=O. The smallest absolute Gasteiger partial charge is 0.363 e. The van der Waals surface area contributed by atoms with Crippen LogP contribution in [0.1, 0.15) is 31.9 Å². The highest BCUT2D eigenvalue weighted by molar-refractivity contribution is 7.89. The molecule has 0 amide bonds. The molecule has 0 aromatic heterocycles. The molecule has 3 rings (SSSR count). The molecule has 0 saturated heterocycles. The van der Waals surface area contributed by atoms with Crippen LogP contribution in [0.2, 0.25) is 0 Å². The summed E-state index contributed by atoms with van der Waals surface area (Å²) in [5.74, 6) is 0.187. The first-order valence-corrected chi connectivity index (χ1v) is 10.7. The van der Waals surface area contributed by atoms with Gasteiger partial charge in [0.15, 0.2) is 5.70 Å². The number of benzene rings is 2. The van der Waals surface area contributed by atoms with Crippen LogP contribution in [-0.2, 0) is 19.6 Å². The summed E-state index contributed by atoms with van der Waals surface area (Å²) in [4.78, 5) is 16.6. The van der Waals surface area contributed by atoms with Gasteiger partial charge in [-0.05, 0) is 57.2 Å². The highest BCUT2D eigenvalue weighted by Gasteiger charge is 2.25. The van der Waals surface area contributed by atoms with E-state index in [9.17, 15) is 13.2 Å². The number of hydrogen-bond donors (Lipinski definition) is 1. The molecule has 1 aliphatic heterocycles. The second-order valence-corrected chi connectivity index (χ2v) is 8.32. The molecule has 1 N–H and O–H groups in total. The van der Waals surface area contributed by atoms with Crippen LogP contribution in [0.25, 0.3) is 6.08 Å². The number of cyclic esters (lactones) is 1. The number of hydrogen-bond acceptors (Lipinski definition) is 6. The number of rotatable bonds is 7. The van der Waals surface area contributed by atoms with E-state index in [1.807, 2.05) is 31.2 Å². The topological polar surface area (TPSA) is 94.1 Å². The molecule has 152 valence electrons. The first-order valence-electron chi connectivity index (χ1n) is 9.17. The van der Waals surface area contributed by atoms with Gasteiger partial charge in [-0.1, -0.05) is 18.2 Å². The van der Waals surface area contributed by atoms with E-state index in [-0.39, 0.29) is 22.5 Å². The average Bonchev–Trinajstić information content (AvgIpc) is 3.03. The highest BCUT2D eigenvalue weighted by Crippen LogP contribution is 2.25. The summed E-state index contributed by atoms with van der Waals surface area (Å²) in [6.07, 6.45) is 1.60. The Balaban J connectivity index is 1.87. The van der Waals surface area contributed by atoms with Crippen LogP contribution in [0.15, 0.2) is 64.1 Å². The Labute approximate surface area is 170 Å². The Morgan fingerprint density at radius 2 is 1.83 bits per heavy atom. The Bertz CT molecular complexity index is 1070. The normalized spacial score (nSPS) is 15.5. The average molecular weight is 414 g/mol. The molecule has 0 fully saturated rings. The maximum absolute atomic E-state index is 12.2. The zero-order valence-electron chi connectivity index (χ0n) is 16.4. The zero-order chi connectivity index (χ0) is 21.0. The van der Waals surface area contributed by atoms with Crippen LogP contribution < -0.4 is 9.46 Å². The van der Waals surface area contributed by atoms with Crippen LogP contribution in [0.5, 0.6) is 5.75 Å². The number of nitrogens with one attached hydrogen (secondary N) is 1. The molecular weight excluding hydrogens is 392 g/mol. The predicted molar refractivity (Wildman–Crippen MR) is 110 cm³/mol. The summed E-state index contributed by atoms with van der Waals surface area (Å²) in [5, 5.41) is 0. The molecule has 1 heterocycles. The van der Waals surface area contributed by atoms with Crippen molar-refractivity contribution in [1.29, 1.82) is 0 Å². The molecule has 0 aliphatic carbocycles. The minimum Gasteiger partial charge on any atom is -0.493 e. The van der Waals surface area contributed by atoms with Crippen molar-refractivity contribution in [3.8, 4) is 5.75 Å². The van der Waals surface area contributed by atoms with Crippen molar-refractivity contribution in [3.63, 3.8) is 0 Å². The van der Waals surface area contributed by atoms with Crippen LogP contribution >= 0.6 is 0 Å². The Morgan fingerprint density at radius 3 is 2.48 bits per heavy atom. The van der Waals surface area contributed by atoms with Gasteiger partial charge in [-0.2, -0.15) is 0 Å². The fourth-order valence-corrected chi connectivity index (χ4v) is 3.97. The van der Waals surface area contributed by atoms with Gasteiger partial charge in [-0.3, -0.25) is 0 Å². The van der Waals surface area contributed by atoms with Crippen LogP contribution in [0.3, 0.4) is 0 Å². The molecule has 0 atom stereocenters. The van der Waals surface area contributed by atoms with Crippen molar-refractivity contribution in [2.45, 2.75) is 31.7 Å². The number of carbonyl (C=O) groups is 1. The van der Waals surface area contributed by atoms with Crippen LogP contribution in [-0.4, -0.2) is 32.9 Å². The lowest BCUT2D eigenvalue weighted by atomic mass is 10.1. The lowest BCUT2D eigenvalue weighted by Crippen LogP contribution is -2.30. The fraction of sp³-hybridized carbons (Fsp3) is 0.238. The van der Waals surface area contributed by atoms with Gasteiger partial charge in [0.05, 0.1) is 11.5 Å². The van der Waals surface area contributed by atoms with Gasteiger partial charge in [0.2, 0.25) is 15.9 Å². The molecule has 2 aromatic rings. The van der Waals surface area contributed by atoms with Gasteiger partial charge in [0.1, 0.15) is 5.75 Å². The standard InChI is InChI=1S/C21H22N2O5S/c1-4-27-19-8-6-5-7-16(19)13-18-21(24)28-20(22-18)15-9-11-17(12-10-15)29(25,26)23-14(2)3/h5-14,23H,4H2,1-3H3/b18-13-. The van der Waals surface area contributed by atoms with E-state index in [0.717, 1.165) is 0 Å². The van der Waals surface area contributed by atoms with E-state index in [2.05, 4.69) is 9.71 Å². The minimum absolute atomic E-state index is 0.121. The van der Waals surface area contributed by atoms with E-state index in [1.54, 1.807) is 32.1 Å². The maximum Gasteiger partial charge on any atom is 0.363 e. The van der Waals surface area contributed by atoms with Gasteiger partial charge in [0.25, 0.3) is 0 Å². The number of nitrogens with zero attached hydrogens (tertiary/aromatic N) is 1. The summed E-state index contributed by atoms with van der Waals surface area (Å²) >= 11 is 0. The van der Waals surface area contributed by atoms with Gasteiger partial charge in [-0.15, -0.1) is 0 Å². The maximum atomic E-state index is 12.2. The second-order valence-electron chi connectivity index (χ2n) is 6.61. The third-order valence-corrected chi connectivity index (χ3v) is 5.61. The van der Waals surface area contributed by atoms with Gasteiger partial charge < -0.3 is 9.47 Å². The van der Waals surface area contributed by atoms with Gasteiger partial charge in [-0.25, -0.2) is 22.9 Å². The third-order valence-electron chi connectivity index (χ3n) is 3.93. The molecule has 0 spiro atoms. The van der Waals surface area contributed by atoms with E-state index in [1.165, 1.54) is 12.1 Å². The zero-order valence-corrected chi connectivity index (χ0v) is 17.2. The first kappa shape index (κ1) is 20.8. The molecule has 0 saturated carbocycles. The minimum atomic E-state index is -3.60. The molecule has 8 heteroatoms. The molecule has 1 aliphatic rings. The van der Waals surface area contributed by atoms with Crippen molar-refractivity contribution in [3.05, 3.63) is 65.4 Å². The summed E-state index contributed by atoms with van der Waals surface area (Å²) in [6.45, 7) is 5.87. The number of para-hydroxylation sites is 1.